The number of alkyl halides is 9. The second-order valence-electron chi connectivity index (χ2n) is 9.13. The van der Waals surface area contributed by atoms with Crippen molar-refractivity contribution in [2.45, 2.75) is 37.8 Å². The average Bonchev–Trinajstić information content (AvgIpc) is 2.77. The van der Waals surface area contributed by atoms with Gasteiger partial charge in [0.25, 0.3) is 0 Å². The highest BCUT2D eigenvalue weighted by molar-refractivity contribution is 6.48. The summed E-state index contributed by atoms with van der Waals surface area (Å²) in [6, 6.07) is 3.07. The van der Waals surface area contributed by atoms with Crippen molar-refractivity contribution in [2.75, 3.05) is 20.1 Å². The van der Waals surface area contributed by atoms with E-state index in [9.17, 15) is 48.7 Å². The molecule has 0 bridgehead atoms. The monoisotopic (exact) mass is 645 g/mol. The minimum atomic E-state index is -5.21. The van der Waals surface area contributed by atoms with E-state index in [-0.39, 0.29) is 33.8 Å². The zero-order chi connectivity index (χ0) is 30.8. The summed E-state index contributed by atoms with van der Waals surface area (Å²) < 4.78 is 135. The Bertz CT molecular complexity index is 1230. The number of benzene rings is 2. The molecular weight excluding hydrogens is 627 g/mol. The third-order valence-corrected chi connectivity index (χ3v) is 6.74. The highest BCUT2D eigenvalue weighted by Gasteiger charge is 2.41. The molecule has 0 amide bonds. The van der Waals surface area contributed by atoms with Crippen LogP contribution in [0.15, 0.2) is 36.4 Å². The van der Waals surface area contributed by atoms with Gasteiger partial charge in [0.15, 0.2) is 5.78 Å². The normalized spacial score (nSPS) is 14.9. The van der Waals surface area contributed by atoms with Gasteiger partial charge in [-0.15, -0.1) is 0 Å². The molecule has 0 saturated carbocycles. The minimum Gasteiger partial charge on any atom is -0.298 e. The van der Waals surface area contributed by atoms with Gasteiger partial charge in [0.2, 0.25) is 0 Å². The summed E-state index contributed by atoms with van der Waals surface area (Å²) in [6.07, 6.45) is -15.4. The third kappa shape index (κ3) is 9.53. The summed E-state index contributed by atoms with van der Waals surface area (Å²) in [6.45, 7) is -0.200. The minimum absolute atomic E-state index is 0.0332. The number of halogens is 13. The van der Waals surface area contributed by atoms with Crippen molar-refractivity contribution in [2.24, 2.45) is 5.92 Å². The smallest absolute Gasteiger partial charge is 0.298 e. The molecule has 0 fully saturated rings. The van der Waals surface area contributed by atoms with Crippen LogP contribution in [-0.2, 0) is 6.18 Å². The summed E-state index contributed by atoms with van der Waals surface area (Å²) in [5.41, 5.74) is -4.05. The molecule has 0 aliphatic heterocycles. The van der Waals surface area contributed by atoms with Crippen LogP contribution in [0.1, 0.15) is 46.3 Å². The molecule has 40 heavy (non-hydrogen) atoms. The summed E-state index contributed by atoms with van der Waals surface area (Å²) >= 11 is 17.3. The van der Waals surface area contributed by atoms with Gasteiger partial charge >= 0.3 is 18.5 Å². The van der Waals surface area contributed by atoms with Crippen LogP contribution in [0.3, 0.4) is 0 Å². The zero-order valence-electron chi connectivity index (χ0n) is 20.5. The maximum absolute atomic E-state index is 15.0. The first-order valence-corrected chi connectivity index (χ1v) is 12.3. The number of Topliss-reactive ketones (excluding diaryl/α,β-unsaturated/α-hetero) is 1. The molecule has 0 aliphatic rings. The van der Waals surface area contributed by atoms with Gasteiger partial charge in [-0.25, -0.2) is 4.39 Å². The molecular formula is C25H20Cl3F10NO. The number of hydrogen-bond acceptors (Lipinski definition) is 2. The molecule has 0 N–H and O–H groups in total. The van der Waals surface area contributed by atoms with E-state index < -0.39 is 77.2 Å². The Hall–Kier alpha value is -2.02. The van der Waals surface area contributed by atoms with Gasteiger partial charge in [-0.2, -0.15) is 39.5 Å². The van der Waals surface area contributed by atoms with E-state index in [0.29, 0.717) is 12.1 Å². The van der Waals surface area contributed by atoms with Crippen molar-refractivity contribution in [3.8, 4) is 0 Å². The van der Waals surface area contributed by atoms with Crippen LogP contribution in [0, 0.1) is 5.92 Å². The average molecular weight is 647 g/mol. The molecule has 0 saturated heterocycles. The van der Waals surface area contributed by atoms with Crippen LogP contribution in [0.2, 0.25) is 15.1 Å². The Kier molecular flexibility index (Phi) is 11.0. The van der Waals surface area contributed by atoms with Gasteiger partial charge < -0.3 is 0 Å². The van der Waals surface area contributed by atoms with Crippen molar-refractivity contribution in [3.63, 3.8) is 0 Å². The van der Waals surface area contributed by atoms with Crippen LogP contribution < -0.4 is 0 Å². The lowest BCUT2D eigenvalue weighted by molar-refractivity contribution is -0.144. The van der Waals surface area contributed by atoms with Crippen LogP contribution in [-0.4, -0.2) is 43.2 Å². The summed E-state index contributed by atoms with van der Waals surface area (Å²) in [4.78, 5) is 13.5. The van der Waals surface area contributed by atoms with Gasteiger partial charge in [0.1, 0.15) is 11.7 Å². The number of rotatable bonds is 9. The largest absolute Gasteiger partial charge is 0.417 e. The second-order valence-corrected chi connectivity index (χ2v) is 10.3. The van der Waals surface area contributed by atoms with Gasteiger partial charge in [-0.05, 0) is 42.8 Å². The summed E-state index contributed by atoms with van der Waals surface area (Å²) in [7, 11) is 1.12. The fraction of sp³-hybridized carbons (Fsp3) is 0.400. The van der Waals surface area contributed by atoms with Gasteiger partial charge in [0, 0.05) is 24.1 Å². The molecule has 0 aliphatic carbocycles. The standard InChI is InChI=1S/C25H20Cl3F10NO/c1-12(10-39(2)11-23(30,31)32)5-21(40)15-4-3-13(6-17(15)25(36,37)38)20(29)9-16(24(33,34)35)14-7-18(26)22(28)19(27)8-14/h3-4,6-9,12,16H,5,10-11H2,1-2H3/b20-9-/t12-,16?/m0/s1. The second kappa shape index (κ2) is 12.9. The number of hydrogen-bond donors (Lipinski definition) is 0. The van der Waals surface area contributed by atoms with E-state index in [1.54, 1.807) is 0 Å². The predicted octanol–water partition coefficient (Wildman–Crippen LogP) is 10.0. The van der Waals surface area contributed by atoms with E-state index in [1.165, 1.54) is 6.92 Å². The molecule has 2 nitrogen and oxygen atoms in total. The molecule has 2 rings (SSSR count). The maximum atomic E-state index is 15.0. The quantitative estimate of drug-likeness (QED) is 0.154. The lowest BCUT2D eigenvalue weighted by atomic mass is 9.92. The number of nitrogens with zero attached hydrogens (tertiary/aromatic N) is 1. The molecule has 0 heterocycles. The van der Waals surface area contributed by atoms with Gasteiger partial charge in [-0.1, -0.05) is 53.9 Å². The molecule has 2 aromatic rings. The van der Waals surface area contributed by atoms with Crippen molar-refractivity contribution < 1.29 is 48.7 Å². The fourth-order valence-electron chi connectivity index (χ4n) is 3.94. The van der Waals surface area contributed by atoms with E-state index >= 15 is 0 Å². The lowest BCUT2D eigenvalue weighted by Crippen LogP contribution is -2.34. The topological polar surface area (TPSA) is 20.3 Å². The van der Waals surface area contributed by atoms with Crippen molar-refractivity contribution in [3.05, 3.63) is 73.7 Å². The van der Waals surface area contributed by atoms with Crippen LogP contribution >= 0.6 is 34.8 Å². The molecule has 0 radical (unpaired) electrons. The van der Waals surface area contributed by atoms with Crippen LogP contribution in [0.4, 0.5) is 43.9 Å². The van der Waals surface area contributed by atoms with Crippen LogP contribution in [0.25, 0.3) is 5.83 Å². The highest BCUT2D eigenvalue weighted by Crippen LogP contribution is 2.43. The number of allylic oxidation sites excluding steroid dienone is 1. The van der Waals surface area contributed by atoms with E-state index in [0.717, 1.165) is 24.1 Å². The summed E-state index contributed by atoms with van der Waals surface area (Å²) in [5, 5.41) is -0.990. The SMILES string of the molecule is C[C@@H](CC(=O)c1ccc(/C(F)=C/C(c2cc(Cl)c(Cl)c(Cl)c2)C(F)(F)F)cc1C(F)(F)F)CN(C)CC(F)(F)F. The van der Waals surface area contributed by atoms with Crippen molar-refractivity contribution in [1.29, 1.82) is 0 Å². The molecule has 1 unspecified atom stereocenters. The fourth-order valence-corrected chi connectivity index (χ4v) is 4.55. The highest BCUT2D eigenvalue weighted by atomic mass is 35.5. The van der Waals surface area contributed by atoms with Crippen molar-refractivity contribution in [1.82, 2.24) is 4.90 Å². The van der Waals surface area contributed by atoms with E-state index in [2.05, 4.69) is 0 Å². The molecule has 0 aromatic heterocycles. The first kappa shape index (κ1) is 34.2. The zero-order valence-corrected chi connectivity index (χ0v) is 22.8. The first-order valence-electron chi connectivity index (χ1n) is 11.2. The lowest BCUT2D eigenvalue weighted by Gasteiger charge is -2.22. The number of carbonyl (C=O) groups excluding carboxylic acids is 1. The van der Waals surface area contributed by atoms with Gasteiger partial charge in [-0.3, -0.25) is 9.69 Å². The Balaban J connectivity index is 2.43. The predicted molar refractivity (Wildman–Crippen MR) is 132 cm³/mol. The maximum Gasteiger partial charge on any atom is 0.417 e. The molecule has 15 heteroatoms. The van der Waals surface area contributed by atoms with Crippen molar-refractivity contribution >= 4 is 46.4 Å². The molecule has 2 atom stereocenters. The van der Waals surface area contributed by atoms with E-state index in [4.69, 9.17) is 34.8 Å². The molecule has 222 valence electrons. The van der Waals surface area contributed by atoms with E-state index in [1.807, 2.05) is 0 Å². The summed E-state index contributed by atoms with van der Waals surface area (Å²) in [5.74, 6) is -6.24. The Morgan fingerprint density at radius 2 is 1.50 bits per heavy atom. The number of carbonyl (C=O) groups is 1. The molecule has 2 aromatic carbocycles. The number of ketones is 1. The van der Waals surface area contributed by atoms with Crippen LogP contribution in [0.5, 0.6) is 0 Å². The Morgan fingerprint density at radius 1 is 0.950 bits per heavy atom. The Labute approximate surface area is 237 Å². The molecule has 0 spiro atoms. The third-order valence-electron chi connectivity index (χ3n) is 5.54. The Morgan fingerprint density at radius 3 is 1.98 bits per heavy atom. The first-order chi connectivity index (χ1) is 18.1. The van der Waals surface area contributed by atoms with Gasteiger partial charge in [0.05, 0.1) is 27.2 Å².